The third-order valence-corrected chi connectivity index (χ3v) is 6.47. The minimum Gasteiger partial charge on any atom is -0.490 e. The lowest BCUT2D eigenvalue weighted by molar-refractivity contribution is 0.304. The monoisotopic (exact) mass is 418 g/mol. The predicted octanol–water partition coefficient (Wildman–Crippen LogP) is 4.89. The van der Waals surface area contributed by atoms with E-state index < -0.39 is 0 Å². The molecule has 3 aromatic rings. The highest BCUT2D eigenvalue weighted by Gasteiger charge is 2.46. The summed E-state index contributed by atoms with van der Waals surface area (Å²) < 4.78 is 6.21. The summed E-state index contributed by atoms with van der Waals surface area (Å²) in [5, 5.41) is 4.61. The van der Waals surface area contributed by atoms with Gasteiger partial charge in [-0.25, -0.2) is 9.97 Å². The molecular formula is C24H26N4OS. The Morgan fingerprint density at radius 1 is 1.13 bits per heavy atom. The van der Waals surface area contributed by atoms with E-state index in [2.05, 4.69) is 52.5 Å². The molecule has 2 fully saturated rings. The Balaban J connectivity index is 1.44. The van der Waals surface area contributed by atoms with Crippen LogP contribution in [0.4, 0.5) is 0 Å². The molecule has 2 saturated carbocycles. The first-order valence-electron chi connectivity index (χ1n) is 10.5. The summed E-state index contributed by atoms with van der Waals surface area (Å²) in [6.07, 6.45) is 12.7. The van der Waals surface area contributed by atoms with Crippen LogP contribution in [0.2, 0.25) is 0 Å². The molecular weight excluding hydrogens is 392 g/mol. The van der Waals surface area contributed by atoms with Gasteiger partial charge in [0.2, 0.25) is 0 Å². The summed E-state index contributed by atoms with van der Waals surface area (Å²) in [5.74, 6) is 0.972. The molecule has 2 aromatic heterocycles. The molecule has 2 heterocycles. The molecule has 1 N–H and O–H groups in total. The normalized spacial score (nSPS) is 17.0. The SMILES string of the molecule is CSc1ncc(C)c(CNC2(c3cnccc3-c3ccccc3OC3CC3)CC2)n1. The van der Waals surface area contributed by atoms with Gasteiger partial charge in [0, 0.05) is 36.2 Å². The zero-order valence-corrected chi connectivity index (χ0v) is 18.2. The van der Waals surface area contributed by atoms with Crippen LogP contribution >= 0.6 is 11.8 Å². The van der Waals surface area contributed by atoms with E-state index in [-0.39, 0.29) is 5.54 Å². The van der Waals surface area contributed by atoms with Gasteiger partial charge in [-0.15, -0.1) is 0 Å². The summed E-state index contributed by atoms with van der Waals surface area (Å²) in [5.41, 5.74) is 5.71. The summed E-state index contributed by atoms with van der Waals surface area (Å²) in [7, 11) is 0. The number of rotatable bonds is 8. The number of hydrogen-bond acceptors (Lipinski definition) is 6. The van der Waals surface area contributed by atoms with Crippen molar-refractivity contribution in [3.8, 4) is 16.9 Å². The Labute approximate surface area is 181 Å². The maximum atomic E-state index is 6.21. The van der Waals surface area contributed by atoms with E-state index in [9.17, 15) is 0 Å². The van der Waals surface area contributed by atoms with Crippen molar-refractivity contribution in [2.45, 2.75) is 56.0 Å². The minimum atomic E-state index is -0.0623. The van der Waals surface area contributed by atoms with E-state index >= 15 is 0 Å². The van der Waals surface area contributed by atoms with Gasteiger partial charge < -0.3 is 10.1 Å². The lowest BCUT2D eigenvalue weighted by Gasteiger charge is -2.22. The number of benzene rings is 1. The van der Waals surface area contributed by atoms with Gasteiger partial charge in [0.15, 0.2) is 5.16 Å². The van der Waals surface area contributed by atoms with Crippen LogP contribution in [0.5, 0.6) is 5.75 Å². The molecule has 30 heavy (non-hydrogen) atoms. The number of para-hydroxylation sites is 1. The standard InChI is InChI=1S/C24H26N4OS/c1-16-13-26-23(30-2)28-21(16)15-27-24(10-11-24)20-14-25-12-9-18(20)19-5-3-4-6-22(19)29-17-7-8-17/h3-6,9,12-14,17,27H,7-8,10-11,15H2,1-2H3. The lowest BCUT2D eigenvalue weighted by atomic mass is 9.94. The predicted molar refractivity (Wildman–Crippen MR) is 120 cm³/mol. The highest BCUT2D eigenvalue weighted by molar-refractivity contribution is 7.98. The number of nitrogens with zero attached hydrogens (tertiary/aromatic N) is 3. The first kappa shape index (κ1) is 19.5. The zero-order valence-electron chi connectivity index (χ0n) is 17.4. The topological polar surface area (TPSA) is 59.9 Å². The van der Waals surface area contributed by atoms with Crippen LogP contribution in [0.1, 0.15) is 42.5 Å². The highest BCUT2D eigenvalue weighted by Crippen LogP contribution is 2.50. The molecule has 0 saturated heterocycles. The van der Waals surface area contributed by atoms with Gasteiger partial charge in [0.25, 0.3) is 0 Å². The largest absolute Gasteiger partial charge is 0.490 e. The van der Waals surface area contributed by atoms with Crippen LogP contribution in [-0.4, -0.2) is 27.3 Å². The number of ether oxygens (including phenoxy) is 1. The van der Waals surface area contributed by atoms with Crippen LogP contribution in [0.3, 0.4) is 0 Å². The number of aromatic nitrogens is 3. The molecule has 2 aliphatic rings. The minimum absolute atomic E-state index is 0.0623. The Hall–Kier alpha value is -2.44. The molecule has 1 aromatic carbocycles. The second-order valence-electron chi connectivity index (χ2n) is 8.16. The molecule has 0 amide bonds. The highest BCUT2D eigenvalue weighted by atomic mass is 32.2. The van der Waals surface area contributed by atoms with E-state index in [0.29, 0.717) is 6.10 Å². The summed E-state index contributed by atoms with van der Waals surface area (Å²) in [4.78, 5) is 13.5. The second-order valence-corrected chi connectivity index (χ2v) is 8.93. The fraction of sp³-hybridized carbons (Fsp3) is 0.375. The Kier molecular flexibility index (Phi) is 5.21. The summed E-state index contributed by atoms with van der Waals surface area (Å²) >= 11 is 1.57. The van der Waals surface area contributed by atoms with Gasteiger partial charge in [-0.2, -0.15) is 0 Å². The van der Waals surface area contributed by atoms with Crippen molar-refractivity contribution in [2.24, 2.45) is 0 Å². The van der Waals surface area contributed by atoms with Gasteiger partial charge >= 0.3 is 0 Å². The van der Waals surface area contributed by atoms with Crippen molar-refractivity contribution in [1.29, 1.82) is 0 Å². The van der Waals surface area contributed by atoms with E-state index in [0.717, 1.165) is 60.0 Å². The number of pyridine rings is 1. The fourth-order valence-corrected chi connectivity index (χ4v) is 4.18. The Bertz CT molecular complexity index is 1060. The van der Waals surface area contributed by atoms with Crippen molar-refractivity contribution in [3.63, 3.8) is 0 Å². The molecule has 5 nitrogen and oxygen atoms in total. The molecule has 6 heteroatoms. The molecule has 0 aliphatic heterocycles. The van der Waals surface area contributed by atoms with Gasteiger partial charge in [0.1, 0.15) is 5.75 Å². The van der Waals surface area contributed by atoms with Crippen molar-refractivity contribution in [2.75, 3.05) is 6.26 Å². The average Bonchev–Trinajstić information content (AvgIpc) is 3.71. The van der Waals surface area contributed by atoms with E-state index in [1.54, 1.807) is 11.8 Å². The Morgan fingerprint density at radius 3 is 2.73 bits per heavy atom. The van der Waals surface area contributed by atoms with Gasteiger partial charge in [-0.3, -0.25) is 4.98 Å². The van der Waals surface area contributed by atoms with Gasteiger partial charge in [-0.05, 0) is 67.7 Å². The van der Waals surface area contributed by atoms with Gasteiger partial charge in [-0.1, -0.05) is 30.0 Å². The molecule has 2 aliphatic carbocycles. The van der Waals surface area contributed by atoms with Crippen molar-refractivity contribution in [3.05, 3.63) is 65.7 Å². The average molecular weight is 419 g/mol. The van der Waals surface area contributed by atoms with Crippen LogP contribution in [0.15, 0.2) is 54.1 Å². The second kappa shape index (κ2) is 8.00. The maximum Gasteiger partial charge on any atom is 0.187 e. The molecule has 0 bridgehead atoms. The molecule has 5 rings (SSSR count). The van der Waals surface area contributed by atoms with Crippen molar-refractivity contribution >= 4 is 11.8 Å². The number of thioether (sulfide) groups is 1. The van der Waals surface area contributed by atoms with E-state index in [1.165, 1.54) is 11.1 Å². The number of hydrogen-bond donors (Lipinski definition) is 1. The molecule has 154 valence electrons. The smallest absolute Gasteiger partial charge is 0.187 e. The van der Waals surface area contributed by atoms with Gasteiger partial charge in [0.05, 0.1) is 11.8 Å². The summed E-state index contributed by atoms with van der Waals surface area (Å²) in [6, 6.07) is 10.5. The third-order valence-electron chi connectivity index (χ3n) is 5.91. The maximum absolute atomic E-state index is 6.21. The first-order valence-corrected chi connectivity index (χ1v) is 11.7. The zero-order chi connectivity index (χ0) is 20.6. The van der Waals surface area contributed by atoms with E-state index in [1.807, 2.05) is 24.8 Å². The number of nitrogens with one attached hydrogen (secondary N) is 1. The molecule has 0 unspecified atom stereocenters. The van der Waals surface area contributed by atoms with Crippen LogP contribution in [-0.2, 0) is 12.1 Å². The lowest BCUT2D eigenvalue weighted by Crippen LogP contribution is -2.30. The van der Waals surface area contributed by atoms with Crippen LogP contribution < -0.4 is 10.1 Å². The quantitative estimate of drug-likeness (QED) is 0.415. The van der Waals surface area contributed by atoms with Crippen molar-refractivity contribution in [1.82, 2.24) is 20.3 Å². The summed E-state index contributed by atoms with van der Waals surface area (Å²) in [6.45, 7) is 2.79. The van der Waals surface area contributed by atoms with Crippen molar-refractivity contribution < 1.29 is 4.74 Å². The Morgan fingerprint density at radius 2 is 1.97 bits per heavy atom. The first-order chi connectivity index (χ1) is 14.7. The van der Waals surface area contributed by atoms with E-state index in [4.69, 9.17) is 9.72 Å². The third kappa shape index (κ3) is 3.94. The molecule has 0 spiro atoms. The number of aryl methyl sites for hydroxylation is 1. The molecule has 0 atom stereocenters. The fourth-order valence-electron chi connectivity index (χ4n) is 3.82. The van der Waals surface area contributed by atoms with Crippen LogP contribution in [0, 0.1) is 6.92 Å². The van der Waals surface area contributed by atoms with Crippen LogP contribution in [0.25, 0.3) is 11.1 Å². The molecule has 0 radical (unpaired) electrons.